The summed E-state index contributed by atoms with van der Waals surface area (Å²) in [7, 11) is 0. The Morgan fingerprint density at radius 2 is 2.20 bits per heavy atom. The normalized spacial score (nSPS) is 15.2. The Balaban J connectivity index is 1.98. The monoisotopic (exact) mass is 281 g/mol. The number of hydrogen-bond donors (Lipinski definition) is 2. The van der Waals surface area contributed by atoms with E-state index in [1.165, 1.54) is 12.3 Å². The SMILES string of the molecule is NCCNc1cnn(CC(=O)N2CCOCC2)c(=O)c1. The number of amides is 1. The molecular weight excluding hydrogens is 262 g/mol. The smallest absolute Gasteiger partial charge is 0.269 e. The molecule has 110 valence electrons. The number of nitrogens with zero attached hydrogens (tertiary/aromatic N) is 3. The van der Waals surface area contributed by atoms with E-state index < -0.39 is 0 Å². The van der Waals surface area contributed by atoms with Crippen molar-refractivity contribution in [2.24, 2.45) is 5.73 Å². The lowest BCUT2D eigenvalue weighted by molar-refractivity contribution is -0.136. The quantitative estimate of drug-likeness (QED) is 0.679. The van der Waals surface area contributed by atoms with E-state index in [9.17, 15) is 9.59 Å². The van der Waals surface area contributed by atoms with Crippen LogP contribution < -0.4 is 16.6 Å². The highest BCUT2D eigenvalue weighted by Gasteiger charge is 2.17. The van der Waals surface area contributed by atoms with E-state index in [0.29, 0.717) is 45.1 Å². The first-order chi connectivity index (χ1) is 9.70. The molecule has 20 heavy (non-hydrogen) atoms. The number of carbonyl (C=O) groups is 1. The molecule has 1 aliphatic heterocycles. The van der Waals surface area contributed by atoms with Gasteiger partial charge in [-0.25, -0.2) is 4.68 Å². The van der Waals surface area contributed by atoms with Gasteiger partial charge in [-0.1, -0.05) is 0 Å². The minimum absolute atomic E-state index is 0.0456. The first kappa shape index (κ1) is 14.5. The third-order valence-electron chi connectivity index (χ3n) is 2.99. The van der Waals surface area contributed by atoms with Gasteiger partial charge in [-0.05, 0) is 0 Å². The molecule has 1 fully saturated rings. The molecule has 1 aromatic heterocycles. The van der Waals surface area contributed by atoms with Gasteiger partial charge in [-0.15, -0.1) is 0 Å². The fourth-order valence-corrected chi connectivity index (χ4v) is 1.91. The van der Waals surface area contributed by atoms with Gasteiger partial charge in [-0.2, -0.15) is 5.10 Å². The van der Waals surface area contributed by atoms with Crippen molar-refractivity contribution in [2.75, 3.05) is 44.7 Å². The van der Waals surface area contributed by atoms with Gasteiger partial charge in [0.1, 0.15) is 6.54 Å². The van der Waals surface area contributed by atoms with Crippen molar-refractivity contribution < 1.29 is 9.53 Å². The zero-order valence-electron chi connectivity index (χ0n) is 11.2. The highest BCUT2D eigenvalue weighted by atomic mass is 16.5. The number of morpholine rings is 1. The minimum atomic E-state index is -0.311. The average Bonchev–Trinajstić information content (AvgIpc) is 2.48. The van der Waals surface area contributed by atoms with Crippen molar-refractivity contribution in [1.82, 2.24) is 14.7 Å². The van der Waals surface area contributed by atoms with Crippen molar-refractivity contribution in [3.8, 4) is 0 Å². The fraction of sp³-hybridized carbons (Fsp3) is 0.583. The molecular formula is C12H19N5O3. The van der Waals surface area contributed by atoms with E-state index in [1.54, 1.807) is 4.90 Å². The summed E-state index contributed by atoms with van der Waals surface area (Å²) >= 11 is 0. The van der Waals surface area contributed by atoms with Gasteiger partial charge in [-0.3, -0.25) is 9.59 Å². The second-order valence-corrected chi connectivity index (χ2v) is 4.45. The molecule has 0 atom stereocenters. The second kappa shape index (κ2) is 7.01. The van der Waals surface area contributed by atoms with Crippen molar-refractivity contribution in [3.05, 3.63) is 22.6 Å². The molecule has 2 heterocycles. The Bertz CT molecular complexity index is 510. The molecule has 0 saturated carbocycles. The van der Waals surface area contributed by atoms with Crippen LogP contribution in [0.1, 0.15) is 0 Å². The molecule has 2 rings (SSSR count). The van der Waals surface area contributed by atoms with Crippen LogP contribution in [-0.4, -0.2) is 60.0 Å². The molecule has 8 nitrogen and oxygen atoms in total. The maximum Gasteiger partial charge on any atom is 0.269 e. The summed E-state index contributed by atoms with van der Waals surface area (Å²) in [5.74, 6) is -0.120. The molecule has 1 saturated heterocycles. The molecule has 1 amide bonds. The number of rotatable bonds is 5. The highest BCUT2D eigenvalue weighted by Crippen LogP contribution is 2.01. The third-order valence-corrected chi connectivity index (χ3v) is 2.99. The maximum atomic E-state index is 12.0. The zero-order chi connectivity index (χ0) is 14.4. The van der Waals surface area contributed by atoms with Gasteiger partial charge in [0, 0.05) is 32.2 Å². The summed E-state index contributed by atoms with van der Waals surface area (Å²) in [5.41, 5.74) is 5.66. The average molecular weight is 281 g/mol. The van der Waals surface area contributed by atoms with Gasteiger partial charge in [0.15, 0.2) is 0 Å². The van der Waals surface area contributed by atoms with E-state index in [4.69, 9.17) is 10.5 Å². The van der Waals surface area contributed by atoms with Gasteiger partial charge in [0.25, 0.3) is 5.56 Å². The van der Waals surface area contributed by atoms with E-state index in [0.717, 1.165) is 4.68 Å². The first-order valence-electron chi connectivity index (χ1n) is 6.57. The topological polar surface area (TPSA) is 102 Å². The Kier molecular flexibility index (Phi) is 5.08. The van der Waals surface area contributed by atoms with Gasteiger partial charge < -0.3 is 20.7 Å². The Labute approximate surface area is 116 Å². The van der Waals surface area contributed by atoms with E-state index in [2.05, 4.69) is 10.4 Å². The van der Waals surface area contributed by atoms with Gasteiger partial charge in [0.2, 0.25) is 5.91 Å². The fourth-order valence-electron chi connectivity index (χ4n) is 1.91. The largest absolute Gasteiger partial charge is 0.382 e. The molecule has 0 spiro atoms. The van der Waals surface area contributed by atoms with Gasteiger partial charge >= 0.3 is 0 Å². The lowest BCUT2D eigenvalue weighted by Crippen LogP contribution is -2.43. The zero-order valence-corrected chi connectivity index (χ0v) is 11.2. The number of nitrogens with one attached hydrogen (secondary N) is 1. The molecule has 8 heteroatoms. The van der Waals surface area contributed by atoms with Crippen LogP contribution in [0, 0.1) is 0 Å². The molecule has 0 radical (unpaired) electrons. The van der Waals surface area contributed by atoms with Crippen molar-refractivity contribution >= 4 is 11.6 Å². The number of ether oxygens (including phenoxy) is 1. The summed E-state index contributed by atoms with van der Waals surface area (Å²) in [5, 5.41) is 6.95. The van der Waals surface area contributed by atoms with Crippen molar-refractivity contribution in [1.29, 1.82) is 0 Å². The first-order valence-corrected chi connectivity index (χ1v) is 6.57. The molecule has 3 N–H and O–H groups in total. The molecule has 1 aliphatic rings. The van der Waals surface area contributed by atoms with Crippen LogP contribution in [0.2, 0.25) is 0 Å². The lowest BCUT2D eigenvalue weighted by atomic mass is 10.4. The van der Waals surface area contributed by atoms with Crippen molar-refractivity contribution in [3.63, 3.8) is 0 Å². The van der Waals surface area contributed by atoms with E-state index in [-0.39, 0.29) is 18.0 Å². The third kappa shape index (κ3) is 3.78. The summed E-state index contributed by atoms with van der Waals surface area (Å²) < 4.78 is 6.34. The lowest BCUT2D eigenvalue weighted by Gasteiger charge is -2.26. The molecule has 0 aromatic carbocycles. The van der Waals surface area contributed by atoms with Crippen molar-refractivity contribution in [2.45, 2.75) is 6.54 Å². The predicted molar refractivity (Wildman–Crippen MR) is 73.4 cm³/mol. The van der Waals surface area contributed by atoms with Gasteiger partial charge in [0.05, 0.1) is 25.1 Å². The molecule has 0 unspecified atom stereocenters. The number of hydrogen-bond acceptors (Lipinski definition) is 6. The number of aromatic nitrogens is 2. The van der Waals surface area contributed by atoms with Crippen LogP contribution in [0.4, 0.5) is 5.69 Å². The summed E-state index contributed by atoms with van der Waals surface area (Å²) in [6.45, 7) is 3.19. The van der Waals surface area contributed by atoms with Crippen LogP contribution in [-0.2, 0) is 16.1 Å². The number of carbonyl (C=O) groups excluding carboxylic acids is 1. The maximum absolute atomic E-state index is 12.0. The minimum Gasteiger partial charge on any atom is -0.382 e. The summed E-state index contributed by atoms with van der Waals surface area (Å²) in [4.78, 5) is 25.5. The molecule has 0 aliphatic carbocycles. The summed E-state index contributed by atoms with van der Waals surface area (Å²) in [6.07, 6.45) is 1.52. The predicted octanol–water partition coefficient (Wildman–Crippen LogP) is -1.53. The Morgan fingerprint density at radius 3 is 2.85 bits per heavy atom. The van der Waals surface area contributed by atoms with Crippen LogP contribution in [0.15, 0.2) is 17.1 Å². The Morgan fingerprint density at radius 1 is 1.45 bits per heavy atom. The standard InChI is InChI=1S/C12H19N5O3/c13-1-2-14-10-7-11(18)17(15-8-10)9-12(19)16-3-5-20-6-4-16/h7-8,14H,1-6,9,13H2. The van der Waals surface area contributed by atoms with Crippen LogP contribution in [0.3, 0.4) is 0 Å². The van der Waals surface area contributed by atoms with E-state index in [1.807, 2.05) is 0 Å². The number of anilines is 1. The Hall–Kier alpha value is -1.93. The van der Waals surface area contributed by atoms with Crippen LogP contribution >= 0.6 is 0 Å². The molecule has 1 aromatic rings. The highest BCUT2D eigenvalue weighted by molar-refractivity contribution is 5.76. The second-order valence-electron chi connectivity index (χ2n) is 4.45. The van der Waals surface area contributed by atoms with Crippen LogP contribution in [0.5, 0.6) is 0 Å². The molecule has 0 bridgehead atoms. The number of nitrogens with two attached hydrogens (primary N) is 1. The summed E-state index contributed by atoms with van der Waals surface area (Å²) in [6, 6.07) is 1.41. The van der Waals surface area contributed by atoms with Crippen LogP contribution in [0.25, 0.3) is 0 Å². The van der Waals surface area contributed by atoms with E-state index >= 15 is 0 Å².